The van der Waals surface area contributed by atoms with E-state index in [1.807, 2.05) is 17.0 Å². The topological polar surface area (TPSA) is 70.2 Å². The molecule has 1 aromatic carbocycles. The summed E-state index contributed by atoms with van der Waals surface area (Å²) in [4.78, 5) is 18.9. The summed E-state index contributed by atoms with van der Waals surface area (Å²) in [6.45, 7) is 6.39. The van der Waals surface area contributed by atoms with Crippen LogP contribution in [0.3, 0.4) is 0 Å². The van der Waals surface area contributed by atoms with E-state index < -0.39 is 9.84 Å². The van der Waals surface area contributed by atoms with Gasteiger partial charge in [-0.25, -0.2) is 8.42 Å². The second kappa shape index (κ2) is 7.72. The molecule has 2 saturated heterocycles. The SMILES string of the molecule is CS(=O)(=O)c1ccc(N2CCN(CC(=O)N3CCOCC3)CC2)cc1. The Morgan fingerprint density at radius 1 is 1.00 bits per heavy atom. The molecule has 1 aromatic rings. The van der Waals surface area contributed by atoms with E-state index in [0.717, 1.165) is 31.9 Å². The first kappa shape index (κ1) is 18.2. The molecule has 1 amide bonds. The number of benzene rings is 1. The summed E-state index contributed by atoms with van der Waals surface area (Å²) in [5.74, 6) is 0.175. The van der Waals surface area contributed by atoms with Crippen LogP contribution in [0.2, 0.25) is 0 Å². The van der Waals surface area contributed by atoms with Crippen molar-refractivity contribution in [3.63, 3.8) is 0 Å². The number of anilines is 1. The van der Waals surface area contributed by atoms with Crippen molar-refractivity contribution in [2.24, 2.45) is 0 Å². The van der Waals surface area contributed by atoms with E-state index in [0.29, 0.717) is 37.7 Å². The van der Waals surface area contributed by atoms with Crippen LogP contribution in [-0.4, -0.2) is 89.4 Å². The predicted molar refractivity (Wildman–Crippen MR) is 95.6 cm³/mol. The second-order valence-electron chi connectivity index (χ2n) is 6.52. The largest absolute Gasteiger partial charge is 0.378 e. The fourth-order valence-corrected chi connectivity index (χ4v) is 3.80. The minimum atomic E-state index is -3.16. The smallest absolute Gasteiger partial charge is 0.236 e. The molecule has 0 N–H and O–H groups in total. The van der Waals surface area contributed by atoms with Crippen LogP contribution in [0, 0.1) is 0 Å². The molecule has 0 aromatic heterocycles. The molecular weight excluding hydrogens is 342 g/mol. The van der Waals surface area contributed by atoms with E-state index in [1.165, 1.54) is 6.26 Å². The van der Waals surface area contributed by atoms with Crippen LogP contribution in [0.5, 0.6) is 0 Å². The molecule has 8 heteroatoms. The van der Waals surface area contributed by atoms with Gasteiger partial charge in [0, 0.05) is 51.2 Å². The Morgan fingerprint density at radius 3 is 2.16 bits per heavy atom. The van der Waals surface area contributed by atoms with Gasteiger partial charge in [0.05, 0.1) is 24.7 Å². The Morgan fingerprint density at radius 2 is 1.60 bits per heavy atom. The van der Waals surface area contributed by atoms with Gasteiger partial charge in [-0.2, -0.15) is 0 Å². The number of carbonyl (C=O) groups is 1. The molecule has 0 radical (unpaired) electrons. The van der Waals surface area contributed by atoms with Gasteiger partial charge in [-0.1, -0.05) is 0 Å². The summed E-state index contributed by atoms with van der Waals surface area (Å²) < 4.78 is 28.3. The Kier molecular flexibility index (Phi) is 5.61. The fourth-order valence-electron chi connectivity index (χ4n) is 3.17. The van der Waals surface area contributed by atoms with E-state index in [2.05, 4.69) is 9.80 Å². The van der Waals surface area contributed by atoms with Gasteiger partial charge in [0.25, 0.3) is 0 Å². The highest BCUT2D eigenvalue weighted by atomic mass is 32.2. The molecule has 2 aliphatic rings. The summed E-state index contributed by atoms with van der Waals surface area (Å²) >= 11 is 0. The number of sulfone groups is 1. The summed E-state index contributed by atoms with van der Waals surface area (Å²) in [6.07, 6.45) is 1.21. The van der Waals surface area contributed by atoms with E-state index in [4.69, 9.17) is 4.74 Å². The van der Waals surface area contributed by atoms with Gasteiger partial charge >= 0.3 is 0 Å². The highest BCUT2D eigenvalue weighted by Crippen LogP contribution is 2.19. The Hall–Kier alpha value is -1.64. The van der Waals surface area contributed by atoms with Gasteiger partial charge in [0.15, 0.2) is 9.84 Å². The minimum absolute atomic E-state index is 0.175. The van der Waals surface area contributed by atoms with Crippen LogP contribution in [0.1, 0.15) is 0 Å². The molecule has 0 saturated carbocycles. The average molecular weight is 367 g/mol. The lowest BCUT2D eigenvalue weighted by Gasteiger charge is -2.37. The number of ether oxygens (including phenoxy) is 1. The number of rotatable bonds is 4. The maximum atomic E-state index is 12.3. The summed E-state index contributed by atoms with van der Waals surface area (Å²) in [5.41, 5.74) is 1.02. The molecule has 2 aliphatic heterocycles. The van der Waals surface area contributed by atoms with E-state index >= 15 is 0 Å². The van der Waals surface area contributed by atoms with E-state index in [-0.39, 0.29) is 5.91 Å². The van der Waals surface area contributed by atoms with Crippen LogP contribution in [0.15, 0.2) is 29.2 Å². The van der Waals surface area contributed by atoms with Crippen LogP contribution >= 0.6 is 0 Å². The van der Waals surface area contributed by atoms with Crippen LogP contribution < -0.4 is 4.90 Å². The number of piperazine rings is 1. The molecule has 3 rings (SSSR count). The normalized spacial score (nSPS) is 19.9. The van der Waals surface area contributed by atoms with Crippen molar-refractivity contribution in [2.75, 3.05) is 70.2 Å². The van der Waals surface area contributed by atoms with Crippen molar-refractivity contribution < 1.29 is 17.9 Å². The lowest BCUT2D eigenvalue weighted by molar-refractivity contribution is -0.136. The minimum Gasteiger partial charge on any atom is -0.378 e. The van der Waals surface area contributed by atoms with Gasteiger partial charge in [-0.15, -0.1) is 0 Å². The third-order valence-electron chi connectivity index (χ3n) is 4.72. The van der Waals surface area contributed by atoms with Crippen LogP contribution in [0.25, 0.3) is 0 Å². The molecular formula is C17H25N3O4S. The zero-order valence-corrected chi connectivity index (χ0v) is 15.4. The van der Waals surface area contributed by atoms with Gasteiger partial charge in [0.1, 0.15) is 0 Å². The zero-order chi connectivity index (χ0) is 17.9. The molecule has 7 nitrogen and oxygen atoms in total. The molecule has 25 heavy (non-hydrogen) atoms. The maximum Gasteiger partial charge on any atom is 0.236 e. The standard InChI is InChI=1S/C17H25N3O4S/c1-25(22,23)16-4-2-15(3-5-16)19-8-6-18(7-9-19)14-17(21)20-10-12-24-13-11-20/h2-5H,6-14H2,1H3. The molecule has 138 valence electrons. The number of hydrogen-bond acceptors (Lipinski definition) is 6. The first-order valence-electron chi connectivity index (χ1n) is 8.56. The summed E-state index contributed by atoms with van der Waals surface area (Å²) in [5, 5.41) is 0. The second-order valence-corrected chi connectivity index (χ2v) is 8.54. The van der Waals surface area contributed by atoms with Crippen molar-refractivity contribution >= 4 is 21.4 Å². The molecule has 2 fully saturated rings. The van der Waals surface area contributed by atoms with Gasteiger partial charge < -0.3 is 14.5 Å². The Balaban J connectivity index is 1.50. The maximum absolute atomic E-state index is 12.3. The Labute approximate surface area is 149 Å². The third-order valence-corrected chi connectivity index (χ3v) is 5.85. The predicted octanol–water partition coefficient (Wildman–Crippen LogP) is 0.0709. The molecule has 0 spiro atoms. The number of amides is 1. The monoisotopic (exact) mass is 367 g/mol. The number of nitrogens with zero attached hydrogens (tertiary/aromatic N) is 3. The molecule has 2 heterocycles. The first-order chi connectivity index (χ1) is 11.9. The highest BCUT2D eigenvalue weighted by Gasteiger charge is 2.23. The quantitative estimate of drug-likeness (QED) is 0.750. The lowest BCUT2D eigenvalue weighted by atomic mass is 10.2. The van der Waals surface area contributed by atoms with Gasteiger partial charge in [-0.05, 0) is 24.3 Å². The average Bonchev–Trinajstić information content (AvgIpc) is 2.62. The molecule has 0 atom stereocenters. The fraction of sp³-hybridized carbons (Fsp3) is 0.588. The zero-order valence-electron chi connectivity index (χ0n) is 14.6. The number of hydrogen-bond donors (Lipinski definition) is 0. The molecule has 0 bridgehead atoms. The summed E-state index contributed by atoms with van der Waals surface area (Å²) in [7, 11) is -3.16. The number of carbonyl (C=O) groups excluding carboxylic acids is 1. The summed E-state index contributed by atoms with van der Waals surface area (Å²) in [6, 6.07) is 7.01. The van der Waals surface area contributed by atoms with Crippen molar-refractivity contribution in [2.45, 2.75) is 4.90 Å². The highest BCUT2D eigenvalue weighted by molar-refractivity contribution is 7.90. The van der Waals surface area contributed by atoms with Crippen molar-refractivity contribution in [1.29, 1.82) is 0 Å². The van der Waals surface area contributed by atoms with Crippen molar-refractivity contribution in [1.82, 2.24) is 9.80 Å². The van der Waals surface area contributed by atoms with Crippen molar-refractivity contribution in [3.8, 4) is 0 Å². The van der Waals surface area contributed by atoms with Crippen LogP contribution in [-0.2, 0) is 19.4 Å². The van der Waals surface area contributed by atoms with Gasteiger partial charge in [0.2, 0.25) is 5.91 Å². The van der Waals surface area contributed by atoms with Gasteiger partial charge in [-0.3, -0.25) is 9.69 Å². The third kappa shape index (κ3) is 4.71. The van der Waals surface area contributed by atoms with Crippen LogP contribution in [0.4, 0.5) is 5.69 Å². The first-order valence-corrected chi connectivity index (χ1v) is 10.5. The number of morpholine rings is 1. The van der Waals surface area contributed by atoms with E-state index in [1.54, 1.807) is 12.1 Å². The van der Waals surface area contributed by atoms with Crippen molar-refractivity contribution in [3.05, 3.63) is 24.3 Å². The molecule has 0 unspecified atom stereocenters. The Bertz CT molecular complexity index is 691. The lowest BCUT2D eigenvalue weighted by Crippen LogP contribution is -2.51. The molecule has 0 aliphatic carbocycles. The van der Waals surface area contributed by atoms with E-state index in [9.17, 15) is 13.2 Å².